The van der Waals surface area contributed by atoms with Crippen LogP contribution in [0.2, 0.25) is 0 Å². The van der Waals surface area contributed by atoms with Gasteiger partial charge in [-0.1, -0.05) is 12.2 Å². The highest BCUT2D eigenvalue weighted by atomic mass is 16.5. The molecule has 0 spiro atoms. The highest BCUT2D eigenvalue weighted by Crippen LogP contribution is 2.24. The van der Waals surface area contributed by atoms with Crippen molar-refractivity contribution in [3.8, 4) is 0 Å². The van der Waals surface area contributed by atoms with Gasteiger partial charge < -0.3 is 9.84 Å². The van der Waals surface area contributed by atoms with Crippen LogP contribution in [0.1, 0.15) is 39.0 Å². The number of carbonyl (C=O) groups is 1. The highest BCUT2D eigenvalue weighted by Gasteiger charge is 2.20. The Hall–Kier alpha value is -0.830. The van der Waals surface area contributed by atoms with E-state index in [1.54, 1.807) is 6.92 Å². The maximum absolute atomic E-state index is 11.1. The van der Waals surface area contributed by atoms with Gasteiger partial charge in [0.2, 0.25) is 0 Å². The number of aliphatic hydroxyl groups excluding tert-OH is 1. The summed E-state index contributed by atoms with van der Waals surface area (Å²) in [5.74, 6) is 0.118. The molecule has 1 aliphatic carbocycles. The molecule has 0 aromatic carbocycles. The van der Waals surface area contributed by atoms with Crippen molar-refractivity contribution in [1.29, 1.82) is 0 Å². The third kappa shape index (κ3) is 4.47. The zero-order valence-corrected chi connectivity index (χ0v) is 9.32. The topological polar surface area (TPSA) is 46.5 Å². The summed E-state index contributed by atoms with van der Waals surface area (Å²) in [6.45, 7) is 2.21. The van der Waals surface area contributed by atoms with E-state index in [2.05, 4.69) is 12.2 Å². The first-order chi connectivity index (χ1) is 7.24. The van der Waals surface area contributed by atoms with Crippen LogP contribution in [0.5, 0.6) is 0 Å². The van der Waals surface area contributed by atoms with Crippen molar-refractivity contribution in [3.63, 3.8) is 0 Å². The first kappa shape index (κ1) is 12.2. The maximum atomic E-state index is 11.1. The molecule has 0 radical (unpaired) electrons. The summed E-state index contributed by atoms with van der Waals surface area (Å²) in [6.07, 6.45) is 7.76. The van der Waals surface area contributed by atoms with Crippen molar-refractivity contribution in [2.75, 3.05) is 6.61 Å². The Labute approximate surface area is 91.1 Å². The Morgan fingerprint density at radius 3 is 3.00 bits per heavy atom. The lowest BCUT2D eigenvalue weighted by Gasteiger charge is -2.23. The standard InChI is InChI=1S/C12H20O3/c1-2-15-12(14)9-8-11(13)10-6-4-3-5-7-10/h3-4,10-11,13H,2,5-9H2,1H3. The minimum Gasteiger partial charge on any atom is -0.466 e. The van der Waals surface area contributed by atoms with Gasteiger partial charge in [-0.05, 0) is 38.5 Å². The second kappa shape index (κ2) is 6.62. The molecule has 0 aromatic rings. The Morgan fingerprint density at radius 1 is 1.60 bits per heavy atom. The van der Waals surface area contributed by atoms with E-state index in [4.69, 9.17) is 4.74 Å². The second-order valence-corrected chi connectivity index (χ2v) is 3.96. The summed E-state index contributed by atoms with van der Waals surface area (Å²) >= 11 is 0. The predicted octanol–water partition coefficient (Wildman–Crippen LogP) is 2.05. The molecule has 0 aliphatic heterocycles. The Bertz CT molecular complexity index is 223. The maximum Gasteiger partial charge on any atom is 0.305 e. The molecule has 0 saturated heterocycles. The fourth-order valence-electron chi connectivity index (χ4n) is 1.90. The monoisotopic (exact) mass is 212 g/mol. The van der Waals surface area contributed by atoms with E-state index in [9.17, 15) is 9.90 Å². The molecule has 0 amide bonds. The number of ether oxygens (including phenoxy) is 1. The summed E-state index contributed by atoms with van der Waals surface area (Å²) in [4.78, 5) is 11.1. The highest BCUT2D eigenvalue weighted by molar-refractivity contribution is 5.69. The van der Waals surface area contributed by atoms with E-state index in [1.165, 1.54) is 0 Å². The molecule has 0 fully saturated rings. The van der Waals surface area contributed by atoms with E-state index < -0.39 is 0 Å². The smallest absolute Gasteiger partial charge is 0.305 e. The van der Waals surface area contributed by atoms with Crippen LogP contribution in [0.25, 0.3) is 0 Å². The molecule has 1 N–H and O–H groups in total. The average Bonchev–Trinajstić information content (AvgIpc) is 2.27. The quantitative estimate of drug-likeness (QED) is 0.560. The summed E-state index contributed by atoms with van der Waals surface area (Å²) in [5.41, 5.74) is 0. The number of carbonyl (C=O) groups excluding carboxylic acids is 1. The minimum absolute atomic E-state index is 0.206. The van der Waals surface area contributed by atoms with Gasteiger partial charge in [0.25, 0.3) is 0 Å². The molecule has 1 rings (SSSR count). The Morgan fingerprint density at radius 2 is 2.40 bits per heavy atom. The third-order valence-corrected chi connectivity index (χ3v) is 2.80. The number of hydrogen-bond acceptors (Lipinski definition) is 3. The van der Waals surface area contributed by atoms with Crippen LogP contribution in [-0.4, -0.2) is 23.8 Å². The lowest BCUT2D eigenvalue weighted by atomic mass is 9.87. The molecular formula is C12H20O3. The first-order valence-electron chi connectivity index (χ1n) is 5.72. The fourth-order valence-corrected chi connectivity index (χ4v) is 1.90. The lowest BCUT2D eigenvalue weighted by Crippen LogP contribution is -2.22. The molecule has 86 valence electrons. The molecule has 0 saturated carbocycles. The number of allylic oxidation sites excluding steroid dienone is 2. The zero-order chi connectivity index (χ0) is 11.1. The van der Waals surface area contributed by atoms with Gasteiger partial charge in [0.1, 0.15) is 0 Å². The third-order valence-electron chi connectivity index (χ3n) is 2.80. The van der Waals surface area contributed by atoms with Crippen molar-refractivity contribution in [1.82, 2.24) is 0 Å². The van der Waals surface area contributed by atoms with E-state index in [-0.39, 0.29) is 12.1 Å². The van der Waals surface area contributed by atoms with Crippen molar-refractivity contribution in [2.24, 2.45) is 5.92 Å². The van der Waals surface area contributed by atoms with Gasteiger partial charge in [0, 0.05) is 6.42 Å². The van der Waals surface area contributed by atoms with Crippen LogP contribution >= 0.6 is 0 Å². The molecule has 15 heavy (non-hydrogen) atoms. The molecule has 3 heteroatoms. The number of esters is 1. The molecule has 3 nitrogen and oxygen atoms in total. The normalized spacial score (nSPS) is 22.4. The summed E-state index contributed by atoms with van der Waals surface area (Å²) in [7, 11) is 0. The van der Waals surface area contributed by atoms with Crippen LogP contribution in [0, 0.1) is 5.92 Å². The molecule has 1 aliphatic rings. The number of rotatable bonds is 5. The van der Waals surface area contributed by atoms with E-state index in [1.807, 2.05) is 0 Å². The van der Waals surface area contributed by atoms with Crippen molar-refractivity contribution >= 4 is 5.97 Å². The Kier molecular flexibility index (Phi) is 5.40. The van der Waals surface area contributed by atoms with E-state index in [0.717, 1.165) is 19.3 Å². The second-order valence-electron chi connectivity index (χ2n) is 3.96. The van der Waals surface area contributed by atoms with Gasteiger partial charge in [-0.3, -0.25) is 4.79 Å². The van der Waals surface area contributed by atoms with Crippen molar-refractivity contribution < 1.29 is 14.6 Å². The van der Waals surface area contributed by atoms with Crippen LogP contribution in [0.3, 0.4) is 0 Å². The molecule has 0 aromatic heterocycles. The van der Waals surface area contributed by atoms with E-state index >= 15 is 0 Å². The van der Waals surface area contributed by atoms with Crippen LogP contribution in [-0.2, 0) is 9.53 Å². The molecule has 0 heterocycles. The molecular weight excluding hydrogens is 192 g/mol. The number of hydrogen-bond donors (Lipinski definition) is 1. The lowest BCUT2D eigenvalue weighted by molar-refractivity contribution is -0.143. The summed E-state index contributed by atoms with van der Waals surface area (Å²) in [6, 6.07) is 0. The van der Waals surface area contributed by atoms with Crippen molar-refractivity contribution in [3.05, 3.63) is 12.2 Å². The minimum atomic E-state index is -0.362. The average molecular weight is 212 g/mol. The van der Waals surface area contributed by atoms with Crippen LogP contribution in [0.4, 0.5) is 0 Å². The van der Waals surface area contributed by atoms with Crippen LogP contribution < -0.4 is 0 Å². The first-order valence-corrected chi connectivity index (χ1v) is 5.72. The SMILES string of the molecule is CCOC(=O)CCC(O)C1CC=CCC1. The predicted molar refractivity (Wildman–Crippen MR) is 58.4 cm³/mol. The largest absolute Gasteiger partial charge is 0.466 e. The van der Waals surface area contributed by atoms with Gasteiger partial charge in [0.15, 0.2) is 0 Å². The van der Waals surface area contributed by atoms with Gasteiger partial charge in [-0.15, -0.1) is 0 Å². The van der Waals surface area contributed by atoms with Crippen LogP contribution in [0.15, 0.2) is 12.2 Å². The number of aliphatic hydroxyl groups is 1. The van der Waals surface area contributed by atoms with Crippen molar-refractivity contribution in [2.45, 2.75) is 45.1 Å². The fraction of sp³-hybridized carbons (Fsp3) is 0.750. The molecule has 0 bridgehead atoms. The van der Waals surface area contributed by atoms with Gasteiger partial charge in [0.05, 0.1) is 12.7 Å². The molecule has 2 unspecified atom stereocenters. The van der Waals surface area contributed by atoms with Gasteiger partial charge in [-0.2, -0.15) is 0 Å². The molecule has 2 atom stereocenters. The van der Waals surface area contributed by atoms with Gasteiger partial charge in [-0.25, -0.2) is 0 Å². The van der Waals surface area contributed by atoms with Gasteiger partial charge >= 0.3 is 5.97 Å². The Balaban J connectivity index is 2.20. The summed E-state index contributed by atoms with van der Waals surface area (Å²) in [5, 5.41) is 9.85. The van der Waals surface area contributed by atoms with E-state index in [0.29, 0.717) is 25.4 Å². The summed E-state index contributed by atoms with van der Waals surface area (Å²) < 4.78 is 4.82. The zero-order valence-electron chi connectivity index (χ0n) is 9.32.